The van der Waals surface area contributed by atoms with Crippen molar-refractivity contribution in [3.63, 3.8) is 0 Å². The highest BCUT2D eigenvalue weighted by Gasteiger charge is 2.15. The Hall–Kier alpha value is -0.550. The van der Waals surface area contributed by atoms with Gasteiger partial charge in [-0.05, 0) is 33.2 Å². The van der Waals surface area contributed by atoms with Crippen molar-refractivity contribution in [1.29, 1.82) is 5.26 Å². The predicted octanol–water partition coefficient (Wildman–Crippen LogP) is 2.31. The van der Waals surface area contributed by atoms with Crippen molar-refractivity contribution in [2.45, 2.75) is 46.6 Å². The van der Waals surface area contributed by atoms with E-state index < -0.39 is 0 Å². The largest absolute Gasteiger partial charge is 0.315 e. The van der Waals surface area contributed by atoms with Crippen LogP contribution in [-0.4, -0.2) is 12.6 Å². The zero-order chi connectivity index (χ0) is 9.61. The van der Waals surface area contributed by atoms with Crippen LogP contribution in [0.15, 0.2) is 0 Å². The van der Waals surface area contributed by atoms with Gasteiger partial charge >= 0.3 is 0 Å². The fraction of sp³-hybridized carbons (Fsp3) is 0.900. The molecular formula is C10H20N2. The van der Waals surface area contributed by atoms with E-state index in [4.69, 9.17) is 5.26 Å². The van der Waals surface area contributed by atoms with Gasteiger partial charge in [-0.2, -0.15) is 5.26 Å². The van der Waals surface area contributed by atoms with Crippen molar-refractivity contribution in [1.82, 2.24) is 5.32 Å². The molecular weight excluding hydrogens is 148 g/mol. The standard InChI is InChI=1S/C10H20N2/c1-9(2)12-7-5-6-10(3,4)8-11/h9,12H,5-7H2,1-4H3. The summed E-state index contributed by atoms with van der Waals surface area (Å²) < 4.78 is 0. The third-order valence-electron chi connectivity index (χ3n) is 1.83. The van der Waals surface area contributed by atoms with E-state index in [2.05, 4.69) is 25.2 Å². The second kappa shape index (κ2) is 5.16. The first-order valence-electron chi connectivity index (χ1n) is 4.62. The topological polar surface area (TPSA) is 35.8 Å². The van der Waals surface area contributed by atoms with E-state index in [1.54, 1.807) is 0 Å². The van der Waals surface area contributed by atoms with E-state index in [0.29, 0.717) is 6.04 Å². The summed E-state index contributed by atoms with van der Waals surface area (Å²) in [6.07, 6.45) is 2.06. The third-order valence-corrected chi connectivity index (χ3v) is 1.83. The zero-order valence-electron chi connectivity index (χ0n) is 8.65. The predicted molar refractivity (Wildman–Crippen MR) is 51.8 cm³/mol. The minimum absolute atomic E-state index is 0.154. The Morgan fingerprint density at radius 1 is 1.42 bits per heavy atom. The average Bonchev–Trinajstić information content (AvgIpc) is 1.98. The molecule has 0 aliphatic rings. The van der Waals surface area contributed by atoms with Crippen LogP contribution in [0.25, 0.3) is 0 Å². The Morgan fingerprint density at radius 3 is 2.42 bits per heavy atom. The van der Waals surface area contributed by atoms with Crippen LogP contribution in [-0.2, 0) is 0 Å². The first kappa shape index (κ1) is 11.4. The summed E-state index contributed by atoms with van der Waals surface area (Å²) in [5, 5.41) is 12.1. The molecule has 0 bridgehead atoms. The molecule has 0 heterocycles. The highest BCUT2D eigenvalue weighted by Crippen LogP contribution is 2.19. The van der Waals surface area contributed by atoms with Gasteiger partial charge < -0.3 is 5.32 Å². The number of rotatable bonds is 5. The Kier molecular flexibility index (Phi) is 4.92. The molecule has 0 aliphatic carbocycles. The van der Waals surface area contributed by atoms with Crippen molar-refractivity contribution >= 4 is 0 Å². The molecule has 0 rings (SSSR count). The monoisotopic (exact) mass is 168 g/mol. The Morgan fingerprint density at radius 2 is 2.00 bits per heavy atom. The molecule has 12 heavy (non-hydrogen) atoms. The lowest BCUT2D eigenvalue weighted by Gasteiger charge is -2.15. The van der Waals surface area contributed by atoms with Crippen molar-refractivity contribution < 1.29 is 0 Å². The molecule has 0 spiro atoms. The molecule has 2 heteroatoms. The summed E-state index contributed by atoms with van der Waals surface area (Å²) in [5.74, 6) is 0. The molecule has 2 nitrogen and oxygen atoms in total. The second-order valence-corrected chi connectivity index (χ2v) is 4.21. The smallest absolute Gasteiger partial charge is 0.0683 e. The maximum Gasteiger partial charge on any atom is 0.0683 e. The molecule has 0 radical (unpaired) electrons. The number of nitrogens with one attached hydrogen (secondary N) is 1. The van der Waals surface area contributed by atoms with E-state index in [9.17, 15) is 0 Å². The molecule has 0 aromatic rings. The van der Waals surface area contributed by atoms with E-state index in [-0.39, 0.29) is 5.41 Å². The van der Waals surface area contributed by atoms with Crippen LogP contribution in [0.1, 0.15) is 40.5 Å². The van der Waals surface area contributed by atoms with Gasteiger partial charge in [0.1, 0.15) is 0 Å². The summed E-state index contributed by atoms with van der Waals surface area (Å²) in [7, 11) is 0. The fourth-order valence-electron chi connectivity index (χ4n) is 0.977. The van der Waals surface area contributed by atoms with Gasteiger partial charge in [0.2, 0.25) is 0 Å². The van der Waals surface area contributed by atoms with Gasteiger partial charge in [0, 0.05) is 6.04 Å². The minimum Gasteiger partial charge on any atom is -0.315 e. The first-order valence-corrected chi connectivity index (χ1v) is 4.62. The van der Waals surface area contributed by atoms with E-state index in [1.165, 1.54) is 0 Å². The van der Waals surface area contributed by atoms with Crippen molar-refractivity contribution in [3.05, 3.63) is 0 Å². The zero-order valence-corrected chi connectivity index (χ0v) is 8.65. The van der Waals surface area contributed by atoms with Gasteiger partial charge in [0.05, 0.1) is 11.5 Å². The van der Waals surface area contributed by atoms with Gasteiger partial charge in [-0.15, -0.1) is 0 Å². The van der Waals surface area contributed by atoms with Gasteiger partial charge in [-0.25, -0.2) is 0 Å². The van der Waals surface area contributed by atoms with Crippen LogP contribution < -0.4 is 5.32 Å². The lowest BCUT2D eigenvalue weighted by Crippen LogP contribution is -2.24. The fourth-order valence-corrected chi connectivity index (χ4v) is 0.977. The quantitative estimate of drug-likeness (QED) is 0.639. The van der Waals surface area contributed by atoms with Crippen LogP contribution in [0.2, 0.25) is 0 Å². The lowest BCUT2D eigenvalue weighted by molar-refractivity contribution is 0.419. The normalized spacial score (nSPS) is 11.7. The molecule has 0 aromatic carbocycles. The summed E-state index contributed by atoms with van der Waals surface area (Å²) in [5.41, 5.74) is -0.154. The van der Waals surface area contributed by atoms with Gasteiger partial charge in [-0.1, -0.05) is 13.8 Å². The van der Waals surface area contributed by atoms with Crippen molar-refractivity contribution in [2.75, 3.05) is 6.54 Å². The van der Waals surface area contributed by atoms with Gasteiger partial charge in [0.25, 0.3) is 0 Å². The number of hydrogen-bond acceptors (Lipinski definition) is 2. The maximum absolute atomic E-state index is 8.73. The molecule has 0 fully saturated rings. The number of hydrogen-bond donors (Lipinski definition) is 1. The molecule has 0 aromatic heterocycles. The molecule has 0 saturated heterocycles. The van der Waals surface area contributed by atoms with Gasteiger partial charge in [-0.3, -0.25) is 0 Å². The number of nitrogens with zero attached hydrogens (tertiary/aromatic N) is 1. The Labute approximate surface area is 76.0 Å². The molecule has 0 unspecified atom stereocenters. The van der Waals surface area contributed by atoms with E-state index in [0.717, 1.165) is 19.4 Å². The summed E-state index contributed by atoms with van der Waals surface area (Å²) in [6.45, 7) is 9.26. The third kappa shape index (κ3) is 6.18. The Balaban J connectivity index is 3.39. The average molecular weight is 168 g/mol. The molecule has 0 atom stereocenters. The summed E-state index contributed by atoms with van der Waals surface area (Å²) in [4.78, 5) is 0. The van der Waals surface area contributed by atoms with Crippen LogP contribution in [0.3, 0.4) is 0 Å². The van der Waals surface area contributed by atoms with Crippen LogP contribution in [0.5, 0.6) is 0 Å². The number of nitriles is 1. The molecule has 0 saturated carbocycles. The lowest BCUT2D eigenvalue weighted by atomic mass is 9.90. The maximum atomic E-state index is 8.73. The molecule has 0 aliphatic heterocycles. The molecule has 1 N–H and O–H groups in total. The SMILES string of the molecule is CC(C)NCCCC(C)(C)C#N. The highest BCUT2D eigenvalue weighted by atomic mass is 14.9. The minimum atomic E-state index is -0.154. The Bertz CT molecular complexity index is 154. The summed E-state index contributed by atoms with van der Waals surface area (Å²) in [6, 6.07) is 2.85. The van der Waals surface area contributed by atoms with E-state index >= 15 is 0 Å². The van der Waals surface area contributed by atoms with Crippen LogP contribution in [0.4, 0.5) is 0 Å². The van der Waals surface area contributed by atoms with E-state index in [1.807, 2.05) is 13.8 Å². The van der Waals surface area contributed by atoms with Crippen molar-refractivity contribution in [3.8, 4) is 6.07 Å². The highest BCUT2D eigenvalue weighted by molar-refractivity contribution is 4.91. The summed E-state index contributed by atoms with van der Waals surface area (Å²) >= 11 is 0. The van der Waals surface area contributed by atoms with Crippen LogP contribution in [0, 0.1) is 16.7 Å². The molecule has 0 amide bonds. The van der Waals surface area contributed by atoms with Gasteiger partial charge in [0.15, 0.2) is 0 Å². The van der Waals surface area contributed by atoms with Crippen molar-refractivity contribution in [2.24, 2.45) is 5.41 Å². The first-order chi connectivity index (χ1) is 5.48. The second-order valence-electron chi connectivity index (χ2n) is 4.21. The van der Waals surface area contributed by atoms with Crippen LogP contribution >= 0.6 is 0 Å². The molecule has 70 valence electrons.